The van der Waals surface area contributed by atoms with E-state index in [4.69, 9.17) is 14.2 Å². The Kier molecular flexibility index (Phi) is 8.32. The molecule has 0 fully saturated rings. The number of methoxy groups -OCH3 is 3. The minimum absolute atomic E-state index is 0.0311. The molecule has 0 spiro atoms. The molecule has 0 aliphatic heterocycles. The molecule has 0 saturated carbocycles. The average molecular weight is 498 g/mol. The molecule has 0 radical (unpaired) electrons. The fourth-order valence-corrected chi connectivity index (χ4v) is 4.67. The average Bonchev–Trinajstić information content (AvgIpc) is 2.90. The number of carbonyl (C=O) groups excluding carboxylic acids is 1. The first-order chi connectivity index (χ1) is 16.8. The van der Waals surface area contributed by atoms with Crippen LogP contribution in [0.3, 0.4) is 0 Å². The molecule has 35 heavy (non-hydrogen) atoms. The monoisotopic (exact) mass is 497 g/mol. The molecule has 0 aromatic heterocycles. The van der Waals surface area contributed by atoms with Crippen LogP contribution in [0.1, 0.15) is 12.5 Å². The number of anilines is 1. The van der Waals surface area contributed by atoms with Gasteiger partial charge in [0.2, 0.25) is 0 Å². The van der Waals surface area contributed by atoms with E-state index < -0.39 is 22.5 Å². The van der Waals surface area contributed by atoms with Gasteiger partial charge in [0.25, 0.3) is 15.9 Å². The molecule has 0 saturated heterocycles. The summed E-state index contributed by atoms with van der Waals surface area (Å²) in [6.45, 7) is 1.20. The van der Waals surface area contributed by atoms with Crippen molar-refractivity contribution < 1.29 is 27.4 Å². The van der Waals surface area contributed by atoms with E-state index in [-0.39, 0.29) is 16.3 Å². The summed E-state index contributed by atoms with van der Waals surface area (Å²) in [6.07, 6.45) is 0. The van der Waals surface area contributed by atoms with Crippen LogP contribution in [-0.4, -0.2) is 47.9 Å². The second-order valence-electron chi connectivity index (χ2n) is 7.32. The van der Waals surface area contributed by atoms with Gasteiger partial charge < -0.3 is 14.2 Å². The highest BCUT2D eigenvalue weighted by atomic mass is 32.2. The molecular weight excluding hydrogens is 470 g/mol. The molecule has 0 heterocycles. The Morgan fingerprint density at radius 3 is 2.11 bits per heavy atom. The fourth-order valence-electron chi connectivity index (χ4n) is 3.22. The van der Waals surface area contributed by atoms with Crippen LogP contribution in [0.15, 0.2) is 82.8 Å². The normalized spacial score (nSPS) is 11.5. The van der Waals surface area contributed by atoms with E-state index in [0.29, 0.717) is 17.2 Å². The largest absolute Gasteiger partial charge is 0.497 e. The molecule has 0 unspecified atom stereocenters. The Labute approximate surface area is 205 Å². The summed E-state index contributed by atoms with van der Waals surface area (Å²) in [5.74, 6) is 0.775. The smallest absolute Gasteiger partial charge is 0.264 e. The minimum atomic E-state index is -4.11. The van der Waals surface area contributed by atoms with Gasteiger partial charge in [0.05, 0.1) is 37.6 Å². The summed E-state index contributed by atoms with van der Waals surface area (Å²) in [7, 11) is 0.363. The van der Waals surface area contributed by atoms with Gasteiger partial charge in [-0.2, -0.15) is 5.10 Å². The molecule has 0 bridgehead atoms. The third kappa shape index (κ3) is 6.10. The maximum Gasteiger partial charge on any atom is 0.264 e. The van der Waals surface area contributed by atoms with E-state index in [2.05, 4.69) is 10.5 Å². The van der Waals surface area contributed by atoms with Crippen molar-refractivity contribution in [1.82, 2.24) is 5.43 Å². The highest BCUT2D eigenvalue weighted by Crippen LogP contribution is 2.35. The van der Waals surface area contributed by atoms with Crippen molar-refractivity contribution in [3.05, 3.63) is 78.4 Å². The van der Waals surface area contributed by atoms with Gasteiger partial charge in [-0.25, -0.2) is 13.8 Å². The van der Waals surface area contributed by atoms with Gasteiger partial charge in [0, 0.05) is 6.07 Å². The lowest BCUT2D eigenvalue weighted by Gasteiger charge is -2.25. The van der Waals surface area contributed by atoms with Gasteiger partial charge in [0.1, 0.15) is 23.8 Å². The fraction of sp³-hybridized carbons (Fsp3) is 0.200. The Balaban J connectivity index is 1.92. The molecule has 9 nitrogen and oxygen atoms in total. The third-order valence-corrected chi connectivity index (χ3v) is 6.90. The first-order valence-electron chi connectivity index (χ1n) is 10.6. The first kappa shape index (κ1) is 25.6. The van der Waals surface area contributed by atoms with Crippen molar-refractivity contribution in [3.63, 3.8) is 0 Å². The Morgan fingerprint density at radius 1 is 0.886 bits per heavy atom. The molecule has 3 rings (SSSR count). The van der Waals surface area contributed by atoms with E-state index in [1.165, 1.54) is 32.4 Å². The lowest BCUT2D eigenvalue weighted by atomic mass is 10.1. The zero-order valence-corrected chi connectivity index (χ0v) is 20.7. The number of ether oxygens (including phenoxy) is 3. The summed E-state index contributed by atoms with van der Waals surface area (Å²) in [5.41, 5.74) is 3.94. The number of rotatable bonds is 10. The molecule has 10 heteroatoms. The van der Waals surface area contributed by atoms with Crippen LogP contribution in [0, 0.1) is 0 Å². The molecule has 1 amide bonds. The Bertz CT molecular complexity index is 1290. The predicted octanol–water partition coefficient (Wildman–Crippen LogP) is 3.45. The van der Waals surface area contributed by atoms with E-state index in [9.17, 15) is 13.2 Å². The first-order valence-corrected chi connectivity index (χ1v) is 12.0. The van der Waals surface area contributed by atoms with Crippen LogP contribution >= 0.6 is 0 Å². The van der Waals surface area contributed by atoms with E-state index in [0.717, 1.165) is 9.87 Å². The molecule has 3 aromatic rings. The van der Waals surface area contributed by atoms with Gasteiger partial charge in [0.15, 0.2) is 0 Å². The minimum Gasteiger partial charge on any atom is -0.497 e. The van der Waals surface area contributed by atoms with E-state index >= 15 is 0 Å². The second-order valence-corrected chi connectivity index (χ2v) is 9.19. The topological polar surface area (TPSA) is 107 Å². The number of hydrogen-bond donors (Lipinski definition) is 1. The standard InChI is InChI=1S/C25H27N3O6S/c1-18(19-10-12-20(32-2)13-11-19)26-27-25(29)17-28(35(30,31)22-8-6-5-7-9-22)23-15-14-21(33-3)16-24(23)34-4/h5-16H,17H2,1-4H3,(H,27,29)/b26-18-. The summed E-state index contributed by atoms with van der Waals surface area (Å²) in [5, 5.41) is 4.12. The molecule has 0 atom stereocenters. The third-order valence-electron chi connectivity index (χ3n) is 5.13. The maximum atomic E-state index is 13.5. The number of benzene rings is 3. The number of carbonyl (C=O) groups is 1. The molecule has 1 N–H and O–H groups in total. The van der Waals surface area contributed by atoms with Crippen LogP contribution in [-0.2, 0) is 14.8 Å². The van der Waals surface area contributed by atoms with Crippen LogP contribution in [0.2, 0.25) is 0 Å². The summed E-state index contributed by atoms with van der Waals surface area (Å²) < 4.78 is 43.8. The zero-order chi connectivity index (χ0) is 25.4. The highest BCUT2D eigenvalue weighted by molar-refractivity contribution is 7.92. The van der Waals surface area contributed by atoms with Crippen molar-refractivity contribution in [2.75, 3.05) is 32.2 Å². The highest BCUT2D eigenvalue weighted by Gasteiger charge is 2.29. The Morgan fingerprint density at radius 2 is 1.51 bits per heavy atom. The SMILES string of the molecule is COc1ccc(/C(C)=N\NC(=O)CN(c2ccc(OC)cc2OC)S(=O)(=O)c2ccccc2)cc1. The van der Waals surface area contributed by atoms with Gasteiger partial charge in [-0.1, -0.05) is 18.2 Å². The van der Waals surface area contributed by atoms with Crippen LogP contribution in [0.25, 0.3) is 0 Å². The molecule has 184 valence electrons. The van der Waals surface area contributed by atoms with Crippen molar-refractivity contribution in [1.29, 1.82) is 0 Å². The van der Waals surface area contributed by atoms with Crippen molar-refractivity contribution in [3.8, 4) is 17.2 Å². The zero-order valence-electron chi connectivity index (χ0n) is 19.9. The quantitative estimate of drug-likeness (QED) is 0.340. The summed E-state index contributed by atoms with van der Waals surface area (Å²) in [4.78, 5) is 12.9. The Hall–Kier alpha value is -4.05. The van der Waals surface area contributed by atoms with Crippen LogP contribution in [0.4, 0.5) is 5.69 Å². The van der Waals surface area contributed by atoms with Crippen molar-refractivity contribution in [2.24, 2.45) is 5.10 Å². The second kappa shape index (κ2) is 11.4. The van der Waals surface area contributed by atoms with Crippen LogP contribution in [0.5, 0.6) is 17.2 Å². The van der Waals surface area contributed by atoms with Gasteiger partial charge >= 0.3 is 0 Å². The van der Waals surface area contributed by atoms with Crippen molar-refractivity contribution >= 4 is 27.3 Å². The number of nitrogens with one attached hydrogen (secondary N) is 1. The lowest BCUT2D eigenvalue weighted by Crippen LogP contribution is -2.40. The molecule has 0 aliphatic carbocycles. The lowest BCUT2D eigenvalue weighted by molar-refractivity contribution is -0.119. The van der Waals surface area contributed by atoms with Gasteiger partial charge in [-0.15, -0.1) is 0 Å². The number of sulfonamides is 1. The maximum absolute atomic E-state index is 13.5. The summed E-state index contributed by atoms with van der Waals surface area (Å²) >= 11 is 0. The summed E-state index contributed by atoms with van der Waals surface area (Å²) in [6, 6.07) is 19.7. The number of hydrogen-bond acceptors (Lipinski definition) is 7. The number of amides is 1. The van der Waals surface area contributed by atoms with Gasteiger partial charge in [-0.3, -0.25) is 9.10 Å². The molecular formula is C25H27N3O6S. The van der Waals surface area contributed by atoms with Crippen molar-refractivity contribution in [2.45, 2.75) is 11.8 Å². The number of hydrazone groups is 1. The van der Waals surface area contributed by atoms with Crippen LogP contribution < -0.4 is 23.9 Å². The molecule has 3 aromatic carbocycles. The van der Waals surface area contributed by atoms with E-state index in [1.54, 1.807) is 68.6 Å². The number of nitrogens with zero attached hydrogens (tertiary/aromatic N) is 2. The van der Waals surface area contributed by atoms with E-state index in [1.807, 2.05) is 0 Å². The van der Waals surface area contributed by atoms with Gasteiger partial charge in [-0.05, 0) is 61.0 Å². The molecule has 0 aliphatic rings. The predicted molar refractivity (Wildman–Crippen MR) is 134 cm³/mol.